The maximum absolute atomic E-state index is 11.1. The number of hydrogen-bond donors (Lipinski definition) is 0. The third-order valence-electron chi connectivity index (χ3n) is 2.00. The average Bonchev–Trinajstić information content (AvgIpc) is 2.14. The van der Waals surface area contributed by atoms with Gasteiger partial charge in [0.05, 0.1) is 24.3 Å². The van der Waals surface area contributed by atoms with E-state index < -0.39 is 0 Å². The van der Waals surface area contributed by atoms with Crippen molar-refractivity contribution in [2.45, 2.75) is 26.7 Å². The molecule has 4 nitrogen and oxygen atoms in total. The molecule has 4 heteroatoms. The minimum absolute atomic E-state index is 0.130. The third-order valence-corrected chi connectivity index (χ3v) is 2.00. The first-order valence-corrected chi connectivity index (χ1v) is 4.82. The van der Waals surface area contributed by atoms with Gasteiger partial charge in [-0.3, -0.25) is 19.6 Å². The van der Waals surface area contributed by atoms with Crippen LogP contribution in [0, 0.1) is 0 Å². The molecule has 1 aliphatic rings. The summed E-state index contributed by atoms with van der Waals surface area (Å²) >= 11 is 0. The molecule has 0 N–H and O–H groups in total. The molecule has 1 saturated carbocycles. The van der Waals surface area contributed by atoms with Gasteiger partial charge in [0, 0.05) is 13.1 Å². The highest BCUT2D eigenvalue weighted by Crippen LogP contribution is 2.08. The van der Waals surface area contributed by atoms with Crippen LogP contribution in [0.5, 0.6) is 0 Å². The maximum Gasteiger partial charge on any atom is 0.204 e. The van der Waals surface area contributed by atoms with Crippen molar-refractivity contribution in [3.8, 4) is 0 Å². The van der Waals surface area contributed by atoms with Crippen LogP contribution in [-0.4, -0.2) is 36.1 Å². The second-order valence-corrected chi connectivity index (χ2v) is 3.04. The predicted molar refractivity (Wildman–Crippen MR) is 55.2 cm³/mol. The molecular formula is C10H14N2O2. The molecule has 0 spiro atoms. The largest absolute Gasteiger partial charge is 0.290 e. The number of nitrogens with zero attached hydrogens (tertiary/aromatic N) is 2. The Morgan fingerprint density at radius 1 is 0.929 bits per heavy atom. The van der Waals surface area contributed by atoms with Crippen molar-refractivity contribution in [3.63, 3.8) is 0 Å². The van der Waals surface area contributed by atoms with E-state index in [1.54, 1.807) is 0 Å². The van der Waals surface area contributed by atoms with E-state index in [1.807, 2.05) is 13.8 Å². The van der Waals surface area contributed by atoms with Crippen LogP contribution in [-0.2, 0) is 9.59 Å². The van der Waals surface area contributed by atoms with Crippen LogP contribution in [0.3, 0.4) is 0 Å². The summed E-state index contributed by atoms with van der Waals surface area (Å²) in [5.41, 5.74) is 1.39. The highest BCUT2D eigenvalue weighted by molar-refractivity contribution is 6.60. The van der Waals surface area contributed by atoms with Gasteiger partial charge in [-0.05, 0) is 13.8 Å². The van der Waals surface area contributed by atoms with Gasteiger partial charge in [-0.2, -0.15) is 0 Å². The lowest BCUT2D eigenvalue weighted by Crippen LogP contribution is -2.33. The zero-order valence-corrected chi connectivity index (χ0v) is 8.54. The van der Waals surface area contributed by atoms with Gasteiger partial charge < -0.3 is 0 Å². The van der Waals surface area contributed by atoms with E-state index >= 15 is 0 Å². The highest BCUT2D eigenvalue weighted by Gasteiger charge is 2.27. The topological polar surface area (TPSA) is 58.9 Å². The molecule has 0 amide bonds. The molecule has 1 aliphatic carbocycles. The monoisotopic (exact) mass is 194 g/mol. The minimum Gasteiger partial charge on any atom is -0.290 e. The van der Waals surface area contributed by atoms with Crippen LogP contribution >= 0.6 is 0 Å². The molecule has 0 heterocycles. The zero-order chi connectivity index (χ0) is 10.6. The van der Waals surface area contributed by atoms with Crippen molar-refractivity contribution in [2.24, 2.45) is 9.98 Å². The van der Waals surface area contributed by atoms with Gasteiger partial charge in [-0.15, -0.1) is 0 Å². The number of Topliss-reactive ketones (excluding diaryl/α,β-unsaturated/α-hetero) is 2. The third kappa shape index (κ3) is 2.34. The summed E-state index contributed by atoms with van der Waals surface area (Å²) in [5.74, 6) is -0.681. The summed E-state index contributed by atoms with van der Waals surface area (Å²) in [5, 5.41) is 0. The Labute approximate surface area is 83.1 Å². The molecule has 1 rings (SSSR count). The quantitative estimate of drug-likeness (QED) is 0.611. The summed E-state index contributed by atoms with van der Waals surface area (Å²) in [7, 11) is 0. The molecule has 0 atom stereocenters. The summed E-state index contributed by atoms with van der Waals surface area (Å²) in [6, 6.07) is 0. The first-order valence-electron chi connectivity index (χ1n) is 4.82. The summed E-state index contributed by atoms with van der Waals surface area (Å²) in [6.45, 7) is 5.05. The van der Waals surface area contributed by atoms with Crippen LogP contribution in [0.15, 0.2) is 9.98 Å². The first-order chi connectivity index (χ1) is 6.69. The van der Waals surface area contributed by atoms with Gasteiger partial charge in [0.15, 0.2) is 0 Å². The first kappa shape index (κ1) is 10.8. The standard InChI is InChI=1S/C10H14N2O2/c1-3-11-7-5-9(13)10(14)6-8(7)12-4-2/h3-6H2,1-2H3. The Hall–Kier alpha value is -1.32. The molecule has 0 radical (unpaired) electrons. The number of carbonyl (C=O) groups excluding carboxylic acids is 2. The second kappa shape index (κ2) is 4.79. The summed E-state index contributed by atoms with van der Waals surface area (Å²) in [6.07, 6.45) is 0.261. The van der Waals surface area contributed by atoms with E-state index in [-0.39, 0.29) is 24.4 Å². The lowest BCUT2D eigenvalue weighted by Gasteiger charge is -2.13. The van der Waals surface area contributed by atoms with Crippen LogP contribution < -0.4 is 0 Å². The van der Waals surface area contributed by atoms with Gasteiger partial charge in [0.1, 0.15) is 0 Å². The van der Waals surface area contributed by atoms with Crippen LogP contribution in [0.4, 0.5) is 0 Å². The van der Waals surface area contributed by atoms with Crippen molar-refractivity contribution in [1.29, 1.82) is 0 Å². The molecule has 0 aromatic rings. The van der Waals surface area contributed by atoms with Crippen molar-refractivity contribution in [1.82, 2.24) is 0 Å². The molecule has 1 fully saturated rings. The van der Waals surface area contributed by atoms with Gasteiger partial charge in [0.25, 0.3) is 0 Å². The molecule has 0 saturated heterocycles. The maximum atomic E-state index is 11.1. The smallest absolute Gasteiger partial charge is 0.204 e. The number of aliphatic imine (C=N–C) groups is 2. The van der Waals surface area contributed by atoms with E-state index in [2.05, 4.69) is 9.98 Å². The number of carbonyl (C=O) groups is 2. The summed E-state index contributed by atoms with van der Waals surface area (Å²) in [4.78, 5) is 30.7. The molecule has 14 heavy (non-hydrogen) atoms. The molecule has 0 aliphatic heterocycles. The average molecular weight is 194 g/mol. The van der Waals surface area contributed by atoms with E-state index in [0.29, 0.717) is 24.5 Å². The Balaban J connectivity index is 2.91. The van der Waals surface area contributed by atoms with E-state index in [0.717, 1.165) is 0 Å². The van der Waals surface area contributed by atoms with Crippen molar-refractivity contribution in [2.75, 3.05) is 13.1 Å². The van der Waals surface area contributed by atoms with E-state index in [4.69, 9.17) is 0 Å². The van der Waals surface area contributed by atoms with Crippen LogP contribution in [0.25, 0.3) is 0 Å². The molecule has 0 unspecified atom stereocenters. The minimum atomic E-state index is -0.341. The van der Waals surface area contributed by atoms with Gasteiger partial charge in [-0.25, -0.2) is 0 Å². The fraction of sp³-hybridized carbons (Fsp3) is 0.600. The van der Waals surface area contributed by atoms with Gasteiger partial charge >= 0.3 is 0 Å². The van der Waals surface area contributed by atoms with Crippen molar-refractivity contribution in [3.05, 3.63) is 0 Å². The number of hydrogen-bond acceptors (Lipinski definition) is 4. The molecule has 0 aromatic heterocycles. The SMILES string of the molecule is CCN=C1CC(=O)C(=O)CC1=NCC. The second-order valence-electron chi connectivity index (χ2n) is 3.04. The molecule has 0 bridgehead atoms. The van der Waals surface area contributed by atoms with E-state index in [9.17, 15) is 9.59 Å². The Bertz CT molecular complexity index is 284. The van der Waals surface area contributed by atoms with Crippen molar-refractivity contribution >= 4 is 23.0 Å². The summed E-state index contributed by atoms with van der Waals surface area (Å²) < 4.78 is 0. The van der Waals surface area contributed by atoms with Gasteiger partial charge in [-0.1, -0.05) is 0 Å². The Morgan fingerprint density at radius 2 is 1.29 bits per heavy atom. The molecular weight excluding hydrogens is 180 g/mol. The normalized spacial score (nSPS) is 23.6. The fourth-order valence-corrected chi connectivity index (χ4v) is 1.38. The number of ketones is 2. The predicted octanol–water partition coefficient (Wildman–Crippen LogP) is 0.840. The molecule has 76 valence electrons. The van der Waals surface area contributed by atoms with Crippen LogP contribution in [0.2, 0.25) is 0 Å². The van der Waals surface area contributed by atoms with E-state index in [1.165, 1.54) is 0 Å². The lowest BCUT2D eigenvalue weighted by molar-refractivity contribution is -0.135. The Morgan fingerprint density at radius 3 is 1.57 bits per heavy atom. The zero-order valence-electron chi connectivity index (χ0n) is 8.54. The number of rotatable bonds is 2. The van der Waals surface area contributed by atoms with Crippen molar-refractivity contribution < 1.29 is 9.59 Å². The van der Waals surface area contributed by atoms with Crippen LogP contribution in [0.1, 0.15) is 26.7 Å². The lowest BCUT2D eigenvalue weighted by atomic mass is 9.93. The fourth-order valence-electron chi connectivity index (χ4n) is 1.38. The highest BCUT2D eigenvalue weighted by atomic mass is 16.2. The molecule has 0 aromatic carbocycles. The Kier molecular flexibility index (Phi) is 3.68. The van der Waals surface area contributed by atoms with Gasteiger partial charge in [0.2, 0.25) is 11.6 Å².